The van der Waals surface area contributed by atoms with E-state index in [0.29, 0.717) is 65.6 Å². The number of ether oxygens (including phenoxy) is 1. The van der Waals surface area contributed by atoms with Gasteiger partial charge in [-0.3, -0.25) is 4.79 Å². The number of nitrogens with two attached hydrogens (primary N) is 1. The van der Waals surface area contributed by atoms with Crippen molar-refractivity contribution in [3.8, 4) is 5.75 Å². The van der Waals surface area contributed by atoms with Gasteiger partial charge in [-0.05, 0) is 69.7 Å². The first-order valence-electron chi connectivity index (χ1n) is 12.7. The number of aromatic nitrogens is 3. The van der Waals surface area contributed by atoms with Gasteiger partial charge in [0.05, 0.1) is 17.9 Å². The Labute approximate surface area is 203 Å². The van der Waals surface area contributed by atoms with Crippen molar-refractivity contribution in [2.75, 3.05) is 31.9 Å². The number of H-pyrrole nitrogens is 1. The third-order valence-corrected chi connectivity index (χ3v) is 7.52. The van der Waals surface area contributed by atoms with Gasteiger partial charge in [-0.15, -0.1) is 0 Å². The van der Waals surface area contributed by atoms with Crippen LogP contribution in [0.25, 0.3) is 11.2 Å². The van der Waals surface area contributed by atoms with Crippen LogP contribution in [-0.4, -0.2) is 58.0 Å². The smallest absolute Gasteiger partial charge is 0.255 e. The van der Waals surface area contributed by atoms with Gasteiger partial charge in [0.2, 0.25) is 0 Å². The summed E-state index contributed by atoms with van der Waals surface area (Å²) < 4.78 is 20.8. The number of hydrogen-bond donors (Lipinski definition) is 3. The minimum Gasteiger partial charge on any atom is -0.490 e. The second-order valence-corrected chi connectivity index (χ2v) is 10.00. The summed E-state index contributed by atoms with van der Waals surface area (Å²) >= 11 is 0. The lowest BCUT2D eigenvalue weighted by atomic mass is 9.88. The number of nitrogens with zero attached hydrogens (tertiary/aromatic N) is 3. The van der Waals surface area contributed by atoms with E-state index in [2.05, 4.69) is 15.3 Å². The molecule has 2 aliphatic heterocycles. The maximum Gasteiger partial charge on any atom is 0.255 e. The van der Waals surface area contributed by atoms with E-state index in [-0.39, 0.29) is 23.7 Å². The molecule has 0 unspecified atom stereocenters. The fourth-order valence-electron chi connectivity index (χ4n) is 5.37. The molecule has 8 nitrogen and oxygen atoms in total. The fraction of sp³-hybridized carbons (Fsp3) is 0.500. The SMILES string of the molecule is Nc1cc(OC2CC2)ccc1C(=O)N1CCC(c2c(F)cnc3[nH]c(C4CCNCC4)nc23)CC1. The number of benzene rings is 1. The maximum absolute atomic E-state index is 15.0. The van der Waals surface area contributed by atoms with Crippen molar-refractivity contribution in [1.82, 2.24) is 25.2 Å². The number of fused-ring (bicyclic) bond motifs is 1. The van der Waals surface area contributed by atoms with Gasteiger partial charge in [0.25, 0.3) is 5.91 Å². The molecule has 1 aliphatic carbocycles. The van der Waals surface area contributed by atoms with E-state index < -0.39 is 0 Å². The minimum atomic E-state index is -0.318. The third-order valence-electron chi connectivity index (χ3n) is 7.52. The first-order chi connectivity index (χ1) is 17.1. The molecular formula is C26H31FN6O2. The summed E-state index contributed by atoms with van der Waals surface area (Å²) in [4.78, 5) is 27.4. The zero-order valence-corrected chi connectivity index (χ0v) is 19.7. The van der Waals surface area contributed by atoms with Crippen LogP contribution in [0.5, 0.6) is 5.75 Å². The van der Waals surface area contributed by atoms with Crippen molar-refractivity contribution in [2.45, 2.75) is 56.5 Å². The van der Waals surface area contributed by atoms with Gasteiger partial charge in [0.15, 0.2) is 5.65 Å². The highest BCUT2D eigenvalue weighted by molar-refractivity contribution is 5.99. The topological polar surface area (TPSA) is 109 Å². The molecule has 35 heavy (non-hydrogen) atoms. The molecule has 4 N–H and O–H groups in total. The number of hydrogen-bond acceptors (Lipinski definition) is 6. The van der Waals surface area contributed by atoms with Crippen LogP contribution in [0.1, 0.15) is 72.1 Å². The number of rotatable bonds is 5. The molecule has 3 aliphatic rings. The van der Waals surface area contributed by atoms with E-state index in [1.165, 1.54) is 6.20 Å². The number of nitrogens with one attached hydrogen (secondary N) is 2. The summed E-state index contributed by atoms with van der Waals surface area (Å²) in [6.45, 7) is 3.00. The average molecular weight is 479 g/mol. The molecule has 1 saturated carbocycles. The van der Waals surface area contributed by atoms with Crippen LogP contribution in [0.2, 0.25) is 0 Å². The molecule has 0 bridgehead atoms. The van der Waals surface area contributed by atoms with Gasteiger partial charge >= 0.3 is 0 Å². The van der Waals surface area contributed by atoms with E-state index >= 15 is 4.39 Å². The standard InChI is InChI=1S/C26H31FN6O2/c27-20-14-30-25-23(31-24(32-25)16-5-9-29-10-6-16)22(20)15-7-11-33(12-8-15)26(34)19-4-3-18(13-21(19)28)35-17-1-2-17/h3-4,13-17,29H,1-2,5-12,28H2,(H,30,31,32). The van der Waals surface area contributed by atoms with Gasteiger partial charge in [0, 0.05) is 36.3 Å². The van der Waals surface area contributed by atoms with Gasteiger partial charge in [-0.25, -0.2) is 14.4 Å². The van der Waals surface area contributed by atoms with Gasteiger partial charge in [-0.2, -0.15) is 0 Å². The highest BCUT2D eigenvalue weighted by atomic mass is 19.1. The number of nitrogen functional groups attached to an aromatic ring is 1. The normalized spacial score (nSPS) is 19.9. The fourth-order valence-corrected chi connectivity index (χ4v) is 5.37. The molecule has 3 aromatic rings. The Morgan fingerprint density at radius 1 is 1.09 bits per heavy atom. The van der Waals surface area contributed by atoms with E-state index in [0.717, 1.165) is 44.6 Å². The lowest BCUT2D eigenvalue weighted by Crippen LogP contribution is -2.38. The summed E-state index contributed by atoms with van der Waals surface area (Å²) in [6.07, 6.45) is 7.06. The number of likely N-dealkylation sites (tertiary alicyclic amines) is 1. The number of amides is 1. The first-order valence-corrected chi connectivity index (χ1v) is 12.7. The second-order valence-electron chi connectivity index (χ2n) is 10.00. The highest BCUT2D eigenvalue weighted by Gasteiger charge is 2.30. The van der Waals surface area contributed by atoms with Crippen LogP contribution in [-0.2, 0) is 0 Å². The van der Waals surface area contributed by atoms with Crippen molar-refractivity contribution >= 4 is 22.8 Å². The Balaban J connectivity index is 1.17. The molecule has 1 amide bonds. The van der Waals surface area contributed by atoms with Crippen LogP contribution >= 0.6 is 0 Å². The number of halogens is 1. The van der Waals surface area contributed by atoms with Crippen molar-refractivity contribution < 1.29 is 13.9 Å². The molecule has 0 spiro atoms. The van der Waals surface area contributed by atoms with Crippen LogP contribution in [0.15, 0.2) is 24.4 Å². The quantitative estimate of drug-likeness (QED) is 0.483. The van der Waals surface area contributed by atoms with Gasteiger partial charge in [-0.1, -0.05) is 0 Å². The average Bonchev–Trinajstić information content (AvgIpc) is 3.59. The first kappa shape index (κ1) is 22.3. The van der Waals surface area contributed by atoms with Crippen LogP contribution in [0.4, 0.5) is 10.1 Å². The lowest BCUT2D eigenvalue weighted by molar-refractivity contribution is 0.0713. The van der Waals surface area contributed by atoms with Crippen LogP contribution in [0, 0.1) is 5.82 Å². The summed E-state index contributed by atoms with van der Waals surface area (Å²) in [7, 11) is 0. The second kappa shape index (κ2) is 9.11. The van der Waals surface area contributed by atoms with Gasteiger partial charge < -0.3 is 25.7 Å². The van der Waals surface area contributed by atoms with Crippen molar-refractivity contribution in [2.24, 2.45) is 0 Å². The monoisotopic (exact) mass is 478 g/mol. The third kappa shape index (κ3) is 4.45. The summed E-state index contributed by atoms with van der Waals surface area (Å²) in [5.74, 6) is 1.53. The Morgan fingerprint density at radius 3 is 2.57 bits per heavy atom. The number of aromatic amines is 1. The summed E-state index contributed by atoms with van der Waals surface area (Å²) in [6, 6.07) is 5.30. The molecule has 2 saturated heterocycles. The molecule has 184 valence electrons. The summed E-state index contributed by atoms with van der Waals surface area (Å²) in [5, 5.41) is 3.37. The molecule has 0 atom stereocenters. The molecule has 0 radical (unpaired) electrons. The highest BCUT2D eigenvalue weighted by Crippen LogP contribution is 2.36. The Bertz CT molecular complexity index is 1240. The Kier molecular flexibility index (Phi) is 5.80. The Hall–Kier alpha value is -3.20. The van der Waals surface area contributed by atoms with Crippen molar-refractivity contribution in [1.29, 1.82) is 0 Å². The number of imidazole rings is 1. The van der Waals surface area contributed by atoms with Crippen LogP contribution in [0.3, 0.4) is 0 Å². The molecule has 9 heteroatoms. The van der Waals surface area contributed by atoms with E-state index in [1.54, 1.807) is 12.1 Å². The predicted octanol–water partition coefficient (Wildman–Crippen LogP) is 3.71. The largest absolute Gasteiger partial charge is 0.490 e. The molecule has 1 aromatic carbocycles. The Morgan fingerprint density at radius 2 is 1.86 bits per heavy atom. The molecule has 2 aromatic heterocycles. The number of pyridine rings is 1. The number of piperidine rings is 2. The predicted molar refractivity (Wildman–Crippen MR) is 131 cm³/mol. The number of carbonyl (C=O) groups is 1. The molecule has 6 rings (SSSR count). The number of carbonyl (C=O) groups excluding carboxylic acids is 1. The van der Waals surface area contributed by atoms with Crippen molar-refractivity contribution in [3.63, 3.8) is 0 Å². The maximum atomic E-state index is 15.0. The van der Waals surface area contributed by atoms with Crippen LogP contribution < -0.4 is 15.8 Å². The zero-order valence-electron chi connectivity index (χ0n) is 19.7. The molecule has 3 fully saturated rings. The van der Waals surface area contributed by atoms with E-state index in [9.17, 15) is 4.79 Å². The number of anilines is 1. The zero-order chi connectivity index (χ0) is 23.9. The minimum absolute atomic E-state index is 0.0135. The molecule has 4 heterocycles. The van der Waals surface area contributed by atoms with E-state index in [1.807, 2.05) is 11.0 Å². The van der Waals surface area contributed by atoms with Crippen molar-refractivity contribution in [3.05, 3.63) is 47.2 Å². The van der Waals surface area contributed by atoms with E-state index in [4.69, 9.17) is 15.5 Å². The lowest BCUT2D eigenvalue weighted by Gasteiger charge is -2.32. The van der Waals surface area contributed by atoms with Gasteiger partial charge in [0.1, 0.15) is 22.9 Å². The summed E-state index contributed by atoms with van der Waals surface area (Å²) in [5.41, 5.74) is 9.02. The molecular weight excluding hydrogens is 447 g/mol.